The Morgan fingerprint density at radius 2 is 1.68 bits per heavy atom. The highest BCUT2D eigenvalue weighted by atomic mass is 16.5. The van der Waals surface area contributed by atoms with Crippen molar-refractivity contribution in [3.63, 3.8) is 0 Å². The van der Waals surface area contributed by atoms with Crippen LogP contribution in [0.1, 0.15) is 18.4 Å². The van der Waals surface area contributed by atoms with Gasteiger partial charge in [-0.05, 0) is 54.8 Å². The Labute approximate surface area is 147 Å². The van der Waals surface area contributed by atoms with Gasteiger partial charge in [-0.15, -0.1) is 0 Å². The molecule has 0 aliphatic heterocycles. The molecule has 6 heteroatoms. The Bertz CT molecular complexity index is 727. The van der Waals surface area contributed by atoms with E-state index in [0.29, 0.717) is 24.1 Å². The number of hydrogen-bond donors (Lipinski definition) is 3. The molecule has 25 heavy (non-hydrogen) atoms. The monoisotopic (exact) mass is 341 g/mol. The Balaban J connectivity index is 1.53. The van der Waals surface area contributed by atoms with Crippen molar-refractivity contribution in [3.8, 4) is 11.5 Å². The van der Waals surface area contributed by atoms with Gasteiger partial charge in [0.1, 0.15) is 0 Å². The van der Waals surface area contributed by atoms with Gasteiger partial charge in [-0.25, -0.2) is 4.79 Å². The molecule has 0 atom stereocenters. The zero-order chi connectivity index (χ0) is 17.6. The average molecular weight is 341 g/mol. The Hall–Kier alpha value is -2.89. The minimum atomic E-state index is -0.145. The van der Waals surface area contributed by atoms with Gasteiger partial charge in [0.2, 0.25) is 0 Å². The summed E-state index contributed by atoms with van der Waals surface area (Å²) in [5.74, 6) is 1.43. The Morgan fingerprint density at radius 1 is 1.00 bits per heavy atom. The maximum Gasteiger partial charge on any atom is 0.319 e. The third kappa shape index (κ3) is 4.79. The molecule has 1 fully saturated rings. The van der Waals surface area contributed by atoms with Gasteiger partial charge in [0.15, 0.2) is 11.5 Å². The molecule has 2 aromatic rings. The van der Waals surface area contributed by atoms with E-state index in [1.807, 2.05) is 42.5 Å². The fourth-order valence-electron chi connectivity index (χ4n) is 2.45. The van der Waals surface area contributed by atoms with E-state index >= 15 is 0 Å². The van der Waals surface area contributed by atoms with Crippen molar-refractivity contribution in [2.75, 3.05) is 24.9 Å². The standard InChI is InChI=1S/C19H23N3O3/c1-24-17-10-3-13(11-18(17)25-2)12-20-14-4-6-15(7-5-14)21-19(23)22-16-8-9-16/h3-7,10-11,16,20H,8-9,12H2,1-2H3,(H2,21,22,23). The van der Waals surface area contributed by atoms with Gasteiger partial charge in [-0.2, -0.15) is 0 Å². The van der Waals surface area contributed by atoms with Crippen LogP contribution in [-0.4, -0.2) is 26.3 Å². The molecule has 6 nitrogen and oxygen atoms in total. The largest absolute Gasteiger partial charge is 0.493 e. The van der Waals surface area contributed by atoms with Crippen LogP contribution in [0.25, 0.3) is 0 Å². The highest BCUT2D eigenvalue weighted by Crippen LogP contribution is 2.28. The molecule has 0 radical (unpaired) electrons. The maximum absolute atomic E-state index is 11.7. The second-order valence-corrected chi connectivity index (χ2v) is 5.99. The molecule has 132 valence electrons. The van der Waals surface area contributed by atoms with Gasteiger partial charge in [-0.3, -0.25) is 0 Å². The van der Waals surface area contributed by atoms with E-state index in [4.69, 9.17) is 9.47 Å². The number of nitrogens with one attached hydrogen (secondary N) is 3. The first-order valence-corrected chi connectivity index (χ1v) is 8.30. The van der Waals surface area contributed by atoms with E-state index in [2.05, 4.69) is 16.0 Å². The number of urea groups is 1. The van der Waals surface area contributed by atoms with Crippen LogP contribution < -0.4 is 25.4 Å². The number of benzene rings is 2. The molecule has 1 aliphatic carbocycles. The molecule has 3 rings (SSSR count). The summed E-state index contributed by atoms with van der Waals surface area (Å²) in [5, 5.41) is 9.08. The lowest BCUT2D eigenvalue weighted by atomic mass is 10.2. The van der Waals surface area contributed by atoms with Crippen LogP contribution >= 0.6 is 0 Å². The lowest BCUT2D eigenvalue weighted by Gasteiger charge is -2.11. The van der Waals surface area contributed by atoms with Crippen molar-refractivity contribution in [3.05, 3.63) is 48.0 Å². The topological polar surface area (TPSA) is 71.6 Å². The molecule has 1 saturated carbocycles. The minimum Gasteiger partial charge on any atom is -0.493 e. The van der Waals surface area contributed by atoms with Gasteiger partial charge in [0.05, 0.1) is 14.2 Å². The van der Waals surface area contributed by atoms with Gasteiger partial charge in [0.25, 0.3) is 0 Å². The molecular weight excluding hydrogens is 318 g/mol. The summed E-state index contributed by atoms with van der Waals surface area (Å²) in [5.41, 5.74) is 2.83. The van der Waals surface area contributed by atoms with E-state index in [9.17, 15) is 4.79 Å². The van der Waals surface area contributed by atoms with E-state index in [-0.39, 0.29) is 6.03 Å². The number of hydrogen-bond acceptors (Lipinski definition) is 4. The quantitative estimate of drug-likeness (QED) is 0.719. The Kier molecular flexibility index (Phi) is 5.28. The van der Waals surface area contributed by atoms with Crippen LogP contribution in [0.5, 0.6) is 11.5 Å². The fourth-order valence-corrected chi connectivity index (χ4v) is 2.45. The van der Waals surface area contributed by atoms with Crippen LogP contribution in [0, 0.1) is 0 Å². The predicted octanol–water partition coefficient (Wildman–Crippen LogP) is 3.60. The number of anilines is 2. The minimum absolute atomic E-state index is 0.145. The predicted molar refractivity (Wildman–Crippen MR) is 98.5 cm³/mol. The average Bonchev–Trinajstić information content (AvgIpc) is 3.44. The van der Waals surface area contributed by atoms with Crippen LogP contribution in [0.3, 0.4) is 0 Å². The molecule has 0 saturated heterocycles. The van der Waals surface area contributed by atoms with Crippen molar-refractivity contribution in [1.82, 2.24) is 5.32 Å². The van der Waals surface area contributed by atoms with Crippen molar-refractivity contribution < 1.29 is 14.3 Å². The third-order valence-corrected chi connectivity index (χ3v) is 4.00. The molecule has 0 bridgehead atoms. The number of carbonyl (C=O) groups excluding carboxylic acids is 1. The molecule has 3 N–H and O–H groups in total. The van der Waals surface area contributed by atoms with Crippen LogP contribution in [0.2, 0.25) is 0 Å². The zero-order valence-electron chi connectivity index (χ0n) is 14.5. The summed E-state index contributed by atoms with van der Waals surface area (Å²) in [6.07, 6.45) is 2.15. The van der Waals surface area contributed by atoms with E-state index < -0.39 is 0 Å². The van der Waals surface area contributed by atoms with Crippen molar-refractivity contribution in [2.24, 2.45) is 0 Å². The lowest BCUT2D eigenvalue weighted by Crippen LogP contribution is -2.30. The third-order valence-electron chi connectivity index (χ3n) is 4.00. The lowest BCUT2D eigenvalue weighted by molar-refractivity contribution is 0.251. The second kappa shape index (κ2) is 7.79. The number of methoxy groups -OCH3 is 2. The van der Waals surface area contributed by atoms with Crippen LogP contribution in [0.15, 0.2) is 42.5 Å². The molecule has 0 spiro atoms. The molecule has 0 aromatic heterocycles. The van der Waals surface area contributed by atoms with Crippen molar-refractivity contribution in [1.29, 1.82) is 0 Å². The van der Waals surface area contributed by atoms with E-state index in [1.54, 1.807) is 14.2 Å². The second-order valence-electron chi connectivity index (χ2n) is 5.99. The molecule has 2 amide bonds. The fraction of sp³-hybridized carbons (Fsp3) is 0.316. The van der Waals surface area contributed by atoms with E-state index in [0.717, 1.165) is 29.8 Å². The first-order valence-electron chi connectivity index (χ1n) is 8.30. The van der Waals surface area contributed by atoms with Crippen molar-refractivity contribution in [2.45, 2.75) is 25.4 Å². The van der Waals surface area contributed by atoms with Crippen LogP contribution in [0.4, 0.5) is 16.2 Å². The summed E-state index contributed by atoms with van der Waals surface area (Å²) >= 11 is 0. The summed E-state index contributed by atoms with van der Waals surface area (Å²) in [6.45, 7) is 0.662. The number of rotatable bonds is 7. The molecular formula is C19H23N3O3. The van der Waals surface area contributed by atoms with Gasteiger partial charge in [0, 0.05) is 24.0 Å². The number of carbonyl (C=O) groups is 1. The Morgan fingerprint density at radius 3 is 2.32 bits per heavy atom. The summed E-state index contributed by atoms with van der Waals surface area (Å²) in [4.78, 5) is 11.7. The summed E-state index contributed by atoms with van der Waals surface area (Å²) in [6, 6.07) is 13.7. The van der Waals surface area contributed by atoms with E-state index in [1.165, 1.54) is 0 Å². The van der Waals surface area contributed by atoms with Gasteiger partial charge in [-0.1, -0.05) is 6.07 Å². The first-order chi connectivity index (χ1) is 12.2. The van der Waals surface area contributed by atoms with Crippen LogP contribution in [-0.2, 0) is 6.54 Å². The summed E-state index contributed by atoms with van der Waals surface area (Å²) < 4.78 is 10.6. The SMILES string of the molecule is COc1ccc(CNc2ccc(NC(=O)NC3CC3)cc2)cc1OC. The maximum atomic E-state index is 11.7. The first kappa shape index (κ1) is 17.0. The molecule has 1 aliphatic rings. The zero-order valence-corrected chi connectivity index (χ0v) is 14.5. The number of amides is 2. The molecule has 2 aromatic carbocycles. The highest BCUT2D eigenvalue weighted by molar-refractivity contribution is 5.89. The van der Waals surface area contributed by atoms with Gasteiger partial charge >= 0.3 is 6.03 Å². The smallest absolute Gasteiger partial charge is 0.319 e. The molecule has 0 unspecified atom stereocenters. The number of ether oxygens (including phenoxy) is 2. The highest BCUT2D eigenvalue weighted by Gasteiger charge is 2.23. The van der Waals surface area contributed by atoms with Crippen molar-refractivity contribution >= 4 is 17.4 Å². The summed E-state index contributed by atoms with van der Waals surface area (Å²) in [7, 11) is 3.25. The molecule has 0 heterocycles. The normalized spacial score (nSPS) is 13.0. The van der Waals surface area contributed by atoms with Gasteiger partial charge < -0.3 is 25.4 Å².